The highest BCUT2D eigenvalue weighted by atomic mass is 16.2. The fourth-order valence-corrected chi connectivity index (χ4v) is 2.58. The van der Waals surface area contributed by atoms with Crippen molar-refractivity contribution in [1.82, 2.24) is 19.1 Å². The lowest BCUT2D eigenvalue weighted by Crippen LogP contribution is -2.52. The molecular weight excluding hydrogens is 368 g/mol. The highest BCUT2D eigenvalue weighted by Crippen LogP contribution is 2.17. The van der Waals surface area contributed by atoms with Crippen molar-refractivity contribution in [2.75, 3.05) is 0 Å². The van der Waals surface area contributed by atoms with Crippen molar-refractivity contribution in [2.45, 2.75) is 52.4 Å². The molecule has 2 N–H and O–H groups in total. The molecule has 0 aliphatic rings. The Bertz CT molecular complexity index is 1100. The van der Waals surface area contributed by atoms with Gasteiger partial charge in [0.25, 0.3) is 11.1 Å². The fraction of sp³-hybridized carbons (Fsp3) is 0.444. The average Bonchev–Trinajstić information content (AvgIpc) is 2.51. The Hall–Kier alpha value is -3.30. The summed E-state index contributed by atoms with van der Waals surface area (Å²) in [5.74, 6) is -3.20. The van der Waals surface area contributed by atoms with Crippen molar-refractivity contribution in [3.8, 4) is 0 Å². The third-order valence-corrected chi connectivity index (χ3v) is 4.16. The van der Waals surface area contributed by atoms with Crippen LogP contribution in [0.1, 0.15) is 62.3 Å². The summed E-state index contributed by atoms with van der Waals surface area (Å²) in [6, 6.07) is 0. The van der Waals surface area contributed by atoms with Crippen LogP contribution >= 0.6 is 0 Å². The molecule has 0 spiro atoms. The second kappa shape index (κ2) is 6.70. The average molecular weight is 390 g/mol. The first-order chi connectivity index (χ1) is 12.7. The van der Waals surface area contributed by atoms with Crippen LogP contribution in [0, 0.1) is 0 Å². The molecule has 2 rings (SSSR count). The summed E-state index contributed by atoms with van der Waals surface area (Å²) < 4.78 is 0.192. The maximum absolute atomic E-state index is 12.6. The fourth-order valence-electron chi connectivity index (χ4n) is 2.58. The van der Waals surface area contributed by atoms with Crippen LogP contribution in [0.4, 0.5) is 0 Å². The standard InChI is InChI=1S/C18H22N4O6/c1-17(2,3)9-7-19-15(27)21(11(9)23)13(25)14(26)22-12(24)10(18(4,5)6)8-20-16(22)28/h7-8H,1-6H3,(H,19,27)(H,20,28). The number of hydrogen-bond donors (Lipinski definition) is 2. The Balaban J connectivity index is 2.74. The first-order valence-corrected chi connectivity index (χ1v) is 8.47. The molecule has 2 aromatic heterocycles. The van der Waals surface area contributed by atoms with Gasteiger partial charge in [-0.05, 0) is 10.8 Å². The predicted octanol–water partition coefficient (Wildman–Crippen LogP) is -0.0378. The van der Waals surface area contributed by atoms with Gasteiger partial charge in [-0.3, -0.25) is 19.2 Å². The number of carbonyl (C=O) groups excluding carboxylic acids is 2. The van der Waals surface area contributed by atoms with E-state index in [0.717, 1.165) is 12.4 Å². The Morgan fingerprint density at radius 2 is 0.964 bits per heavy atom. The molecule has 0 bridgehead atoms. The van der Waals surface area contributed by atoms with Gasteiger partial charge in [0.05, 0.1) is 0 Å². The summed E-state index contributed by atoms with van der Waals surface area (Å²) in [7, 11) is 0. The molecule has 10 nitrogen and oxygen atoms in total. The number of nitrogens with zero attached hydrogens (tertiary/aromatic N) is 2. The third kappa shape index (κ3) is 3.57. The van der Waals surface area contributed by atoms with Gasteiger partial charge in [0, 0.05) is 23.5 Å². The van der Waals surface area contributed by atoms with E-state index < -0.39 is 45.1 Å². The van der Waals surface area contributed by atoms with Crippen LogP contribution in [0.2, 0.25) is 0 Å². The molecule has 2 heterocycles. The normalized spacial score (nSPS) is 12.1. The van der Waals surface area contributed by atoms with E-state index in [4.69, 9.17) is 0 Å². The highest BCUT2D eigenvalue weighted by Gasteiger charge is 2.30. The quantitative estimate of drug-likeness (QED) is 0.604. The van der Waals surface area contributed by atoms with Crippen LogP contribution in [0.5, 0.6) is 0 Å². The van der Waals surface area contributed by atoms with Crippen LogP contribution in [0.25, 0.3) is 0 Å². The van der Waals surface area contributed by atoms with Crippen molar-refractivity contribution < 1.29 is 9.59 Å². The van der Waals surface area contributed by atoms with E-state index in [1.54, 1.807) is 41.5 Å². The monoisotopic (exact) mass is 390 g/mol. The van der Waals surface area contributed by atoms with E-state index in [0.29, 0.717) is 0 Å². The molecule has 0 unspecified atom stereocenters. The molecule has 0 aliphatic carbocycles. The summed E-state index contributed by atoms with van der Waals surface area (Å²) >= 11 is 0. The number of H-pyrrole nitrogens is 2. The summed E-state index contributed by atoms with van der Waals surface area (Å²) in [5.41, 5.74) is -5.58. The summed E-state index contributed by atoms with van der Waals surface area (Å²) in [6.07, 6.45) is 2.33. The van der Waals surface area contributed by atoms with Gasteiger partial charge < -0.3 is 9.97 Å². The molecule has 0 saturated carbocycles. The molecule has 150 valence electrons. The van der Waals surface area contributed by atoms with Crippen molar-refractivity contribution in [1.29, 1.82) is 0 Å². The van der Waals surface area contributed by atoms with Crippen molar-refractivity contribution >= 4 is 11.8 Å². The van der Waals surface area contributed by atoms with Crippen molar-refractivity contribution in [2.24, 2.45) is 0 Å². The highest BCUT2D eigenvalue weighted by molar-refractivity contribution is 6.36. The lowest BCUT2D eigenvalue weighted by atomic mass is 9.89. The molecule has 0 aliphatic heterocycles. The minimum absolute atomic E-state index is 0.0814. The molecule has 0 atom stereocenters. The van der Waals surface area contributed by atoms with Crippen LogP contribution in [-0.2, 0) is 10.8 Å². The SMILES string of the molecule is CC(C)(C)c1c[nH]c(=O)n(C(=O)C(=O)n2c(=O)[nH]cc(C(C)(C)C)c2=O)c1=O. The lowest BCUT2D eigenvalue weighted by Gasteiger charge is -2.19. The minimum atomic E-state index is -1.60. The predicted molar refractivity (Wildman–Crippen MR) is 101 cm³/mol. The molecule has 0 aromatic carbocycles. The summed E-state index contributed by atoms with van der Waals surface area (Å²) in [4.78, 5) is 79.0. The smallest absolute Gasteiger partial charge is 0.313 e. The number of aromatic amines is 2. The third-order valence-electron chi connectivity index (χ3n) is 4.16. The lowest BCUT2D eigenvalue weighted by molar-refractivity contribution is 0.0702. The topological polar surface area (TPSA) is 144 Å². The van der Waals surface area contributed by atoms with Crippen molar-refractivity contribution in [3.05, 3.63) is 65.2 Å². The zero-order chi connectivity index (χ0) is 21.6. The van der Waals surface area contributed by atoms with E-state index in [2.05, 4.69) is 9.97 Å². The number of nitrogens with one attached hydrogen (secondary N) is 2. The molecule has 0 fully saturated rings. The van der Waals surface area contributed by atoms with Gasteiger partial charge in [-0.15, -0.1) is 0 Å². The first kappa shape index (κ1) is 21.0. The minimum Gasteiger partial charge on any atom is -0.313 e. The molecular formula is C18H22N4O6. The summed E-state index contributed by atoms with van der Waals surface area (Å²) in [6.45, 7) is 10.1. The zero-order valence-electron chi connectivity index (χ0n) is 16.5. The molecule has 10 heteroatoms. The van der Waals surface area contributed by atoms with Gasteiger partial charge >= 0.3 is 23.2 Å². The summed E-state index contributed by atoms with van der Waals surface area (Å²) in [5, 5.41) is 0. The Morgan fingerprint density at radius 3 is 1.21 bits per heavy atom. The number of rotatable bonds is 0. The second-order valence-electron chi connectivity index (χ2n) is 8.41. The van der Waals surface area contributed by atoms with Gasteiger partial charge in [-0.25, -0.2) is 9.59 Å². The van der Waals surface area contributed by atoms with Gasteiger partial charge in [-0.1, -0.05) is 41.5 Å². The Morgan fingerprint density at radius 1 is 0.679 bits per heavy atom. The molecule has 2 aromatic rings. The van der Waals surface area contributed by atoms with Gasteiger partial charge in [0.15, 0.2) is 0 Å². The Labute approximate surface area is 158 Å². The van der Waals surface area contributed by atoms with Crippen molar-refractivity contribution in [3.63, 3.8) is 0 Å². The van der Waals surface area contributed by atoms with Gasteiger partial charge in [-0.2, -0.15) is 9.13 Å². The number of carbonyl (C=O) groups is 2. The van der Waals surface area contributed by atoms with Crippen LogP contribution < -0.4 is 22.5 Å². The van der Waals surface area contributed by atoms with E-state index in [1.807, 2.05) is 0 Å². The maximum atomic E-state index is 12.6. The number of hydrogen-bond acceptors (Lipinski definition) is 6. The van der Waals surface area contributed by atoms with E-state index in [9.17, 15) is 28.8 Å². The first-order valence-electron chi connectivity index (χ1n) is 8.47. The zero-order valence-corrected chi connectivity index (χ0v) is 16.5. The van der Waals surface area contributed by atoms with Crippen LogP contribution in [0.15, 0.2) is 31.6 Å². The van der Waals surface area contributed by atoms with E-state index >= 15 is 0 Å². The molecule has 0 saturated heterocycles. The van der Waals surface area contributed by atoms with Gasteiger partial charge in [0.1, 0.15) is 0 Å². The van der Waals surface area contributed by atoms with E-state index in [1.165, 1.54) is 0 Å². The van der Waals surface area contributed by atoms with Gasteiger partial charge in [0.2, 0.25) is 0 Å². The largest absolute Gasteiger partial charge is 0.335 e. The van der Waals surface area contributed by atoms with Crippen LogP contribution in [-0.4, -0.2) is 30.9 Å². The molecule has 0 amide bonds. The van der Waals surface area contributed by atoms with Crippen LogP contribution in [0.3, 0.4) is 0 Å². The second-order valence-corrected chi connectivity index (χ2v) is 8.41. The maximum Gasteiger partial charge on any atom is 0.335 e. The Kier molecular flexibility index (Phi) is 5.02. The molecule has 28 heavy (non-hydrogen) atoms. The number of aromatic nitrogens is 4. The molecule has 0 radical (unpaired) electrons. The van der Waals surface area contributed by atoms with E-state index in [-0.39, 0.29) is 20.3 Å².